The van der Waals surface area contributed by atoms with Gasteiger partial charge < -0.3 is 4.74 Å². The van der Waals surface area contributed by atoms with Gasteiger partial charge in [-0.1, -0.05) is 41.5 Å². The molecule has 0 bridgehead atoms. The zero-order chi connectivity index (χ0) is 14.7. The van der Waals surface area contributed by atoms with Crippen molar-refractivity contribution in [3.8, 4) is 5.88 Å². The molecular formula is C17H29NO. The van der Waals surface area contributed by atoms with E-state index in [1.54, 1.807) is 0 Å². The highest BCUT2D eigenvalue weighted by molar-refractivity contribution is 5.26. The molecule has 0 unspecified atom stereocenters. The first-order chi connectivity index (χ1) is 8.58. The van der Waals surface area contributed by atoms with Gasteiger partial charge in [-0.15, -0.1) is 0 Å². The Labute approximate surface area is 118 Å². The van der Waals surface area contributed by atoms with Gasteiger partial charge in [0, 0.05) is 12.3 Å². The molecule has 0 aromatic carbocycles. The molecule has 0 saturated heterocycles. The van der Waals surface area contributed by atoms with E-state index in [0.29, 0.717) is 5.41 Å². The van der Waals surface area contributed by atoms with E-state index in [-0.39, 0.29) is 11.5 Å². The van der Waals surface area contributed by atoms with E-state index < -0.39 is 0 Å². The molecule has 0 saturated carbocycles. The van der Waals surface area contributed by atoms with Crippen molar-refractivity contribution in [2.45, 2.75) is 72.8 Å². The molecule has 1 heterocycles. The first-order valence-electron chi connectivity index (χ1n) is 7.21. The van der Waals surface area contributed by atoms with Crippen LogP contribution in [0.25, 0.3) is 0 Å². The van der Waals surface area contributed by atoms with E-state index in [9.17, 15) is 0 Å². The molecule has 0 radical (unpaired) electrons. The minimum absolute atomic E-state index is 0.135. The first kappa shape index (κ1) is 16.0. The monoisotopic (exact) mass is 263 g/mol. The standard InChI is InChI=1S/C17H29NO/c1-13(8-10-16(2,3)4)19-15-12-14(9-11-18-15)17(5,6)7/h9,11-13H,8,10H2,1-7H3/t13-/m0/s1. The molecule has 0 N–H and O–H groups in total. The molecule has 1 atom stereocenters. The number of nitrogens with zero attached hydrogens (tertiary/aromatic N) is 1. The molecule has 1 aromatic rings. The van der Waals surface area contributed by atoms with E-state index >= 15 is 0 Å². The van der Waals surface area contributed by atoms with Crippen molar-refractivity contribution in [3.05, 3.63) is 23.9 Å². The Morgan fingerprint density at radius 3 is 2.32 bits per heavy atom. The highest BCUT2D eigenvalue weighted by Gasteiger charge is 2.16. The summed E-state index contributed by atoms with van der Waals surface area (Å²) >= 11 is 0. The third kappa shape index (κ3) is 6.09. The van der Waals surface area contributed by atoms with Crippen LogP contribution in [0.2, 0.25) is 0 Å². The lowest BCUT2D eigenvalue weighted by molar-refractivity contribution is 0.179. The number of ether oxygens (including phenoxy) is 1. The topological polar surface area (TPSA) is 22.1 Å². The molecular weight excluding hydrogens is 234 g/mol. The summed E-state index contributed by atoms with van der Waals surface area (Å²) in [7, 11) is 0. The van der Waals surface area contributed by atoms with Gasteiger partial charge in [-0.05, 0) is 42.2 Å². The lowest BCUT2D eigenvalue weighted by Crippen LogP contribution is -2.17. The van der Waals surface area contributed by atoms with E-state index in [0.717, 1.165) is 18.7 Å². The Balaban J connectivity index is 2.62. The van der Waals surface area contributed by atoms with Crippen LogP contribution in [-0.2, 0) is 5.41 Å². The molecule has 0 aliphatic carbocycles. The Kier molecular flexibility index (Phi) is 5.00. The summed E-state index contributed by atoms with van der Waals surface area (Å²) in [5.41, 5.74) is 1.76. The third-order valence-corrected chi connectivity index (χ3v) is 3.22. The maximum Gasteiger partial charge on any atom is 0.213 e. The summed E-state index contributed by atoms with van der Waals surface area (Å²) in [6.07, 6.45) is 4.27. The van der Waals surface area contributed by atoms with Crippen LogP contribution in [0.1, 0.15) is 66.9 Å². The number of rotatable bonds is 4. The van der Waals surface area contributed by atoms with Crippen molar-refractivity contribution in [2.24, 2.45) is 5.41 Å². The second-order valence-corrected chi connectivity index (χ2v) is 7.66. The molecule has 2 heteroatoms. The predicted octanol–water partition coefficient (Wildman–Crippen LogP) is 4.97. The smallest absolute Gasteiger partial charge is 0.213 e. The Hall–Kier alpha value is -1.05. The molecule has 0 fully saturated rings. The minimum atomic E-state index is 0.135. The van der Waals surface area contributed by atoms with Gasteiger partial charge in [0.05, 0.1) is 6.10 Å². The van der Waals surface area contributed by atoms with Crippen molar-refractivity contribution in [3.63, 3.8) is 0 Å². The van der Waals surface area contributed by atoms with Crippen molar-refractivity contribution >= 4 is 0 Å². The Morgan fingerprint density at radius 2 is 1.79 bits per heavy atom. The number of hydrogen-bond donors (Lipinski definition) is 0. The van der Waals surface area contributed by atoms with E-state index in [1.165, 1.54) is 5.56 Å². The van der Waals surface area contributed by atoms with Crippen molar-refractivity contribution in [1.82, 2.24) is 4.98 Å². The van der Waals surface area contributed by atoms with E-state index in [4.69, 9.17) is 4.74 Å². The fourth-order valence-electron chi connectivity index (χ4n) is 1.84. The van der Waals surface area contributed by atoms with Gasteiger partial charge in [0.1, 0.15) is 0 Å². The molecule has 0 spiro atoms. The Morgan fingerprint density at radius 1 is 1.16 bits per heavy atom. The van der Waals surface area contributed by atoms with Gasteiger partial charge in [0.15, 0.2) is 0 Å². The average Bonchev–Trinajstić information content (AvgIpc) is 2.25. The van der Waals surface area contributed by atoms with Gasteiger partial charge >= 0.3 is 0 Å². The lowest BCUT2D eigenvalue weighted by atomic mass is 9.88. The summed E-state index contributed by atoms with van der Waals surface area (Å²) < 4.78 is 5.93. The predicted molar refractivity (Wildman–Crippen MR) is 81.7 cm³/mol. The van der Waals surface area contributed by atoms with Crippen molar-refractivity contribution in [1.29, 1.82) is 0 Å². The van der Waals surface area contributed by atoms with Gasteiger partial charge in [-0.3, -0.25) is 0 Å². The lowest BCUT2D eigenvalue weighted by Gasteiger charge is -2.23. The molecule has 0 aliphatic rings. The maximum atomic E-state index is 5.93. The average molecular weight is 263 g/mol. The van der Waals surface area contributed by atoms with Gasteiger partial charge in [-0.25, -0.2) is 4.98 Å². The SMILES string of the molecule is C[C@@H](CCC(C)(C)C)Oc1cc(C(C)(C)C)ccn1. The van der Waals surface area contributed by atoms with Crippen LogP contribution in [0.3, 0.4) is 0 Å². The van der Waals surface area contributed by atoms with Crippen LogP contribution in [0, 0.1) is 5.41 Å². The fourth-order valence-corrected chi connectivity index (χ4v) is 1.84. The third-order valence-electron chi connectivity index (χ3n) is 3.22. The van der Waals surface area contributed by atoms with Crippen LogP contribution in [0.15, 0.2) is 18.3 Å². The van der Waals surface area contributed by atoms with Crippen LogP contribution in [0.4, 0.5) is 0 Å². The van der Waals surface area contributed by atoms with E-state index in [2.05, 4.69) is 65.6 Å². The zero-order valence-corrected chi connectivity index (χ0v) is 13.6. The van der Waals surface area contributed by atoms with Crippen molar-refractivity contribution < 1.29 is 4.74 Å². The molecule has 0 aliphatic heterocycles. The normalized spacial score (nSPS) is 14.3. The van der Waals surface area contributed by atoms with Crippen molar-refractivity contribution in [2.75, 3.05) is 0 Å². The van der Waals surface area contributed by atoms with Gasteiger partial charge in [0.25, 0.3) is 0 Å². The van der Waals surface area contributed by atoms with Crippen LogP contribution < -0.4 is 4.74 Å². The first-order valence-corrected chi connectivity index (χ1v) is 7.21. The van der Waals surface area contributed by atoms with E-state index in [1.807, 2.05) is 6.20 Å². The summed E-state index contributed by atoms with van der Waals surface area (Å²) in [6.45, 7) is 15.5. The second kappa shape index (κ2) is 5.94. The van der Waals surface area contributed by atoms with Crippen LogP contribution in [-0.4, -0.2) is 11.1 Å². The number of hydrogen-bond acceptors (Lipinski definition) is 2. The zero-order valence-electron chi connectivity index (χ0n) is 13.6. The Bertz CT molecular complexity index is 398. The summed E-state index contributed by atoms with van der Waals surface area (Å²) in [5, 5.41) is 0. The number of pyridine rings is 1. The number of aromatic nitrogens is 1. The quantitative estimate of drug-likeness (QED) is 0.765. The van der Waals surface area contributed by atoms with Gasteiger partial charge in [0.2, 0.25) is 5.88 Å². The van der Waals surface area contributed by atoms with Crippen LogP contribution >= 0.6 is 0 Å². The molecule has 2 nitrogen and oxygen atoms in total. The highest BCUT2D eigenvalue weighted by Crippen LogP contribution is 2.26. The molecule has 1 aromatic heterocycles. The molecule has 108 valence electrons. The second-order valence-electron chi connectivity index (χ2n) is 7.66. The fraction of sp³-hybridized carbons (Fsp3) is 0.706. The van der Waals surface area contributed by atoms with Gasteiger partial charge in [-0.2, -0.15) is 0 Å². The molecule has 1 rings (SSSR count). The van der Waals surface area contributed by atoms with Crippen LogP contribution in [0.5, 0.6) is 5.88 Å². The summed E-state index contributed by atoms with van der Waals surface area (Å²) in [5.74, 6) is 0.744. The molecule has 19 heavy (non-hydrogen) atoms. The molecule has 0 amide bonds. The summed E-state index contributed by atoms with van der Waals surface area (Å²) in [4.78, 5) is 4.32. The maximum absolute atomic E-state index is 5.93. The largest absolute Gasteiger partial charge is 0.475 e. The highest BCUT2D eigenvalue weighted by atomic mass is 16.5. The minimum Gasteiger partial charge on any atom is -0.475 e. The summed E-state index contributed by atoms with van der Waals surface area (Å²) in [6, 6.07) is 4.13.